The van der Waals surface area contributed by atoms with Gasteiger partial charge in [0, 0.05) is 11.8 Å². The fourth-order valence-corrected chi connectivity index (χ4v) is 4.10. The van der Waals surface area contributed by atoms with Crippen molar-refractivity contribution in [3.8, 4) is 0 Å². The molecule has 2 aliphatic heterocycles. The Hall–Kier alpha value is -0.0400. The molecule has 4 unspecified atom stereocenters. The van der Waals surface area contributed by atoms with Gasteiger partial charge in [-0.25, -0.2) is 0 Å². The number of rotatable bonds is 1. The first kappa shape index (κ1) is 11.4. The lowest BCUT2D eigenvalue weighted by atomic mass is 9.54. The van der Waals surface area contributed by atoms with Crippen LogP contribution in [0.3, 0.4) is 0 Å². The van der Waals surface area contributed by atoms with Crippen LogP contribution in [0.2, 0.25) is 0 Å². The average molecular weight is 210 g/mol. The second-order valence-corrected chi connectivity index (χ2v) is 6.92. The highest BCUT2D eigenvalue weighted by Crippen LogP contribution is 2.55. The molecule has 2 saturated heterocycles. The molecule has 3 fully saturated rings. The minimum Gasteiger partial charge on any atom is -0.323 e. The molecule has 1 saturated carbocycles. The third-order valence-corrected chi connectivity index (χ3v) is 5.71. The van der Waals surface area contributed by atoms with Gasteiger partial charge in [0.2, 0.25) is 0 Å². The Morgan fingerprint density at radius 3 is 2.47 bits per heavy atom. The van der Waals surface area contributed by atoms with E-state index in [9.17, 15) is 0 Å². The Morgan fingerprint density at radius 2 is 1.93 bits per heavy atom. The highest BCUT2D eigenvalue weighted by atomic mass is 15.4. The van der Waals surface area contributed by atoms with Crippen molar-refractivity contribution >= 4 is 0 Å². The fraction of sp³-hybridized carbons (Fsp3) is 1.00. The van der Waals surface area contributed by atoms with Crippen molar-refractivity contribution in [2.24, 2.45) is 17.3 Å². The Bertz CT molecular complexity index is 246. The van der Waals surface area contributed by atoms with Crippen LogP contribution in [0, 0.1) is 17.3 Å². The Labute approximate surface area is 95.4 Å². The molecular formula is C14H28N+. The van der Waals surface area contributed by atoms with E-state index >= 15 is 0 Å². The van der Waals surface area contributed by atoms with Crippen LogP contribution in [0.25, 0.3) is 0 Å². The summed E-state index contributed by atoms with van der Waals surface area (Å²) in [5, 5.41) is 0. The van der Waals surface area contributed by atoms with E-state index in [0.29, 0.717) is 5.41 Å². The van der Waals surface area contributed by atoms with Crippen LogP contribution in [0.5, 0.6) is 0 Å². The van der Waals surface area contributed by atoms with Gasteiger partial charge >= 0.3 is 0 Å². The maximum absolute atomic E-state index is 2.51. The lowest BCUT2D eigenvalue weighted by Crippen LogP contribution is -2.68. The van der Waals surface area contributed by atoms with E-state index in [2.05, 4.69) is 34.7 Å². The van der Waals surface area contributed by atoms with Crippen molar-refractivity contribution in [1.29, 1.82) is 0 Å². The summed E-state index contributed by atoms with van der Waals surface area (Å²) in [6, 6.07) is 0.931. The molecule has 0 N–H and O–H groups in total. The smallest absolute Gasteiger partial charge is 0.0945 e. The molecule has 1 nitrogen and oxygen atoms in total. The molecule has 3 rings (SSSR count). The fourth-order valence-electron chi connectivity index (χ4n) is 4.10. The molecule has 1 aliphatic carbocycles. The van der Waals surface area contributed by atoms with Crippen LogP contribution in [-0.2, 0) is 0 Å². The van der Waals surface area contributed by atoms with E-state index in [-0.39, 0.29) is 0 Å². The van der Waals surface area contributed by atoms with Gasteiger partial charge in [0.1, 0.15) is 0 Å². The van der Waals surface area contributed by atoms with E-state index in [0.717, 1.165) is 17.9 Å². The first-order valence-corrected chi connectivity index (χ1v) is 6.74. The van der Waals surface area contributed by atoms with Crippen molar-refractivity contribution in [3.05, 3.63) is 0 Å². The minimum atomic E-state index is 0.597. The lowest BCUT2D eigenvalue weighted by molar-refractivity contribution is -0.949. The van der Waals surface area contributed by atoms with Crippen LogP contribution >= 0.6 is 0 Å². The van der Waals surface area contributed by atoms with Crippen LogP contribution in [-0.4, -0.2) is 30.7 Å². The summed E-state index contributed by atoms with van der Waals surface area (Å²) in [6.45, 7) is 12.6. The van der Waals surface area contributed by atoms with Gasteiger partial charge in [0.15, 0.2) is 0 Å². The predicted molar refractivity (Wildman–Crippen MR) is 65.7 cm³/mol. The monoisotopic (exact) mass is 210 g/mol. The summed E-state index contributed by atoms with van der Waals surface area (Å²) in [5.41, 5.74) is 0.597. The quantitative estimate of drug-likeness (QED) is 0.583. The maximum Gasteiger partial charge on any atom is 0.0945 e. The first-order chi connectivity index (χ1) is 6.90. The summed E-state index contributed by atoms with van der Waals surface area (Å²) in [5.74, 6) is 1.95. The van der Waals surface area contributed by atoms with Crippen molar-refractivity contribution in [2.75, 3.05) is 20.1 Å². The maximum atomic E-state index is 2.51. The molecule has 2 bridgehead atoms. The van der Waals surface area contributed by atoms with Gasteiger partial charge in [-0.05, 0) is 31.6 Å². The van der Waals surface area contributed by atoms with E-state index in [1.807, 2.05) is 0 Å². The van der Waals surface area contributed by atoms with Gasteiger partial charge < -0.3 is 4.48 Å². The predicted octanol–water partition coefficient (Wildman–Crippen LogP) is 3.30. The summed E-state index contributed by atoms with van der Waals surface area (Å²) < 4.78 is 1.33. The zero-order chi connectivity index (χ0) is 11.3. The van der Waals surface area contributed by atoms with E-state index in [1.165, 1.54) is 36.8 Å². The zero-order valence-electron chi connectivity index (χ0n) is 11.2. The zero-order valence-corrected chi connectivity index (χ0v) is 11.2. The van der Waals surface area contributed by atoms with E-state index in [1.54, 1.807) is 0 Å². The summed E-state index contributed by atoms with van der Waals surface area (Å²) in [7, 11) is 2.49. The standard InChI is InChI=1S/C14H28N/c1-6-15(5)8-7-11(2)9-12-10-13(15)14(12,3)4/h11-13H,6-10H2,1-5H3/q+1. The Kier molecular flexibility index (Phi) is 2.65. The number of hydrogen-bond acceptors (Lipinski definition) is 0. The number of hydrogen-bond donors (Lipinski definition) is 0. The van der Waals surface area contributed by atoms with Crippen molar-refractivity contribution < 1.29 is 4.48 Å². The van der Waals surface area contributed by atoms with Crippen LogP contribution in [0.1, 0.15) is 47.0 Å². The van der Waals surface area contributed by atoms with Crippen molar-refractivity contribution in [3.63, 3.8) is 0 Å². The second kappa shape index (κ2) is 3.48. The van der Waals surface area contributed by atoms with E-state index < -0.39 is 0 Å². The van der Waals surface area contributed by atoms with Crippen LogP contribution in [0.4, 0.5) is 0 Å². The van der Waals surface area contributed by atoms with Gasteiger partial charge in [-0.2, -0.15) is 0 Å². The van der Waals surface area contributed by atoms with Gasteiger partial charge in [0.25, 0.3) is 0 Å². The molecule has 1 heteroatoms. The van der Waals surface area contributed by atoms with Crippen molar-refractivity contribution in [1.82, 2.24) is 0 Å². The first-order valence-electron chi connectivity index (χ1n) is 6.74. The van der Waals surface area contributed by atoms with Gasteiger partial charge in [-0.3, -0.25) is 0 Å². The Morgan fingerprint density at radius 1 is 1.27 bits per heavy atom. The molecule has 0 radical (unpaired) electrons. The summed E-state index contributed by atoms with van der Waals surface area (Å²) >= 11 is 0. The molecule has 88 valence electrons. The third-order valence-electron chi connectivity index (χ3n) is 5.71. The normalized spacial score (nSPS) is 49.0. The van der Waals surface area contributed by atoms with Crippen molar-refractivity contribution in [2.45, 2.75) is 53.0 Å². The molecule has 0 aromatic rings. The molecular weight excluding hydrogens is 182 g/mol. The molecule has 0 aromatic carbocycles. The lowest BCUT2D eigenvalue weighted by Gasteiger charge is -2.61. The van der Waals surface area contributed by atoms with Gasteiger partial charge in [0.05, 0.1) is 26.2 Å². The van der Waals surface area contributed by atoms with E-state index in [4.69, 9.17) is 0 Å². The van der Waals surface area contributed by atoms with Gasteiger partial charge in [-0.1, -0.05) is 20.8 Å². The third kappa shape index (κ3) is 1.63. The molecule has 15 heavy (non-hydrogen) atoms. The highest BCUT2D eigenvalue weighted by Gasteiger charge is 2.57. The average Bonchev–Trinajstić information content (AvgIpc) is 2.18. The summed E-state index contributed by atoms with van der Waals surface area (Å²) in [6.07, 6.45) is 4.41. The number of nitrogens with zero attached hydrogens (tertiary/aromatic N) is 1. The molecule has 0 spiro atoms. The molecule has 3 aliphatic rings. The number of fused-ring (bicyclic) bond motifs is 4. The SMILES string of the molecule is CC[N+]1(C)CCC(C)CC2CC1C2(C)C. The molecule has 4 atom stereocenters. The number of quaternary nitrogens is 1. The topological polar surface area (TPSA) is 0 Å². The van der Waals surface area contributed by atoms with Gasteiger partial charge in [-0.15, -0.1) is 0 Å². The molecule has 0 amide bonds. The highest BCUT2D eigenvalue weighted by molar-refractivity contribution is 4.99. The Balaban J connectivity index is 2.22. The largest absolute Gasteiger partial charge is 0.323 e. The molecule has 0 aromatic heterocycles. The summed E-state index contributed by atoms with van der Waals surface area (Å²) in [4.78, 5) is 0. The molecule has 2 heterocycles. The second-order valence-electron chi connectivity index (χ2n) is 6.92. The minimum absolute atomic E-state index is 0.597. The van der Waals surface area contributed by atoms with Crippen LogP contribution in [0.15, 0.2) is 0 Å². The van der Waals surface area contributed by atoms with Crippen LogP contribution < -0.4 is 0 Å².